The number of nitrogens with one attached hydrogen (secondary N) is 1. The molecule has 2 aliphatic heterocycles. The monoisotopic (exact) mass is 344 g/mol. The first kappa shape index (κ1) is 17.9. The minimum atomic E-state index is 0.108. The van der Waals surface area contributed by atoms with Gasteiger partial charge >= 0.3 is 0 Å². The van der Waals surface area contributed by atoms with Crippen molar-refractivity contribution in [3.8, 4) is 0 Å². The second-order valence-corrected chi connectivity index (χ2v) is 6.88. The van der Waals surface area contributed by atoms with Gasteiger partial charge in [0.2, 0.25) is 5.91 Å². The van der Waals surface area contributed by atoms with Crippen molar-refractivity contribution in [1.82, 2.24) is 20.0 Å². The third kappa shape index (κ3) is 4.80. The first-order valence-corrected chi connectivity index (χ1v) is 9.20. The predicted molar refractivity (Wildman–Crippen MR) is 97.6 cm³/mol. The van der Waals surface area contributed by atoms with E-state index in [0.29, 0.717) is 6.42 Å². The van der Waals surface area contributed by atoms with E-state index in [1.807, 2.05) is 41.0 Å². The molecule has 0 bridgehead atoms. The highest BCUT2D eigenvalue weighted by Crippen LogP contribution is 2.11. The van der Waals surface area contributed by atoms with Crippen LogP contribution in [0.4, 0.5) is 0 Å². The van der Waals surface area contributed by atoms with E-state index in [-0.39, 0.29) is 11.8 Å². The van der Waals surface area contributed by atoms with E-state index in [0.717, 1.165) is 70.0 Å². The molecule has 1 aromatic carbocycles. The summed E-state index contributed by atoms with van der Waals surface area (Å²) in [5.74, 6) is 0.358. The Morgan fingerprint density at radius 2 is 1.56 bits per heavy atom. The molecular weight excluding hydrogens is 316 g/mol. The van der Waals surface area contributed by atoms with Gasteiger partial charge in [-0.25, -0.2) is 0 Å². The molecule has 25 heavy (non-hydrogen) atoms. The Hall–Kier alpha value is -1.92. The van der Waals surface area contributed by atoms with Gasteiger partial charge in [0.05, 0.1) is 0 Å². The topological polar surface area (TPSA) is 55.9 Å². The third-order valence-corrected chi connectivity index (χ3v) is 5.07. The number of carbonyl (C=O) groups is 2. The summed E-state index contributed by atoms with van der Waals surface area (Å²) in [4.78, 5) is 30.9. The molecule has 0 radical (unpaired) electrons. The van der Waals surface area contributed by atoms with Crippen LogP contribution in [0.5, 0.6) is 0 Å². The number of hydrogen-bond donors (Lipinski definition) is 1. The number of hydrogen-bond acceptors (Lipinski definition) is 4. The minimum Gasteiger partial charge on any atom is -0.340 e. The summed E-state index contributed by atoms with van der Waals surface area (Å²) in [6.07, 6.45) is 0.575. The summed E-state index contributed by atoms with van der Waals surface area (Å²) >= 11 is 0. The van der Waals surface area contributed by atoms with Gasteiger partial charge in [0.25, 0.3) is 5.91 Å². The summed E-state index contributed by atoms with van der Waals surface area (Å²) < 4.78 is 0. The smallest absolute Gasteiger partial charge is 0.253 e. The van der Waals surface area contributed by atoms with E-state index in [9.17, 15) is 9.59 Å². The maximum Gasteiger partial charge on any atom is 0.253 e. The Morgan fingerprint density at radius 1 is 0.920 bits per heavy atom. The van der Waals surface area contributed by atoms with Crippen LogP contribution < -0.4 is 5.32 Å². The van der Waals surface area contributed by atoms with Gasteiger partial charge in [-0.1, -0.05) is 17.7 Å². The van der Waals surface area contributed by atoms with E-state index >= 15 is 0 Å². The molecule has 2 fully saturated rings. The Balaban J connectivity index is 1.41. The van der Waals surface area contributed by atoms with Crippen molar-refractivity contribution in [2.45, 2.75) is 13.3 Å². The van der Waals surface area contributed by atoms with E-state index in [4.69, 9.17) is 0 Å². The van der Waals surface area contributed by atoms with Crippen LogP contribution in [0.3, 0.4) is 0 Å². The van der Waals surface area contributed by atoms with Crippen molar-refractivity contribution < 1.29 is 9.59 Å². The minimum absolute atomic E-state index is 0.108. The summed E-state index contributed by atoms with van der Waals surface area (Å²) in [6.45, 7) is 9.37. The second kappa shape index (κ2) is 8.45. The molecule has 2 aliphatic rings. The predicted octanol–water partition coefficient (Wildman–Crippen LogP) is 0.575. The third-order valence-electron chi connectivity index (χ3n) is 5.07. The van der Waals surface area contributed by atoms with E-state index in [2.05, 4.69) is 10.2 Å². The van der Waals surface area contributed by atoms with Crippen LogP contribution in [0.25, 0.3) is 0 Å². The molecule has 0 unspecified atom stereocenters. The molecule has 0 aromatic heterocycles. The average Bonchev–Trinajstić information content (AvgIpc) is 2.67. The van der Waals surface area contributed by atoms with Gasteiger partial charge in [-0.3, -0.25) is 14.5 Å². The molecule has 0 aliphatic carbocycles. The molecule has 1 N–H and O–H groups in total. The first-order chi connectivity index (χ1) is 12.1. The highest BCUT2D eigenvalue weighted by molar-refractivity contribution is 5.94. The Labute approximate surface area is 149 Å². The van der Waals surface area contributed by atoms with Crippen LogP contribution in [0.2, 0.25) is 0 Å². The lowest BCUT2D eigenvalue weighted by molar-refractivity contribution is -0.132. The maximum atomic E-state index is 12.5. The Morgan fingerprint density at radius 3 is 2.20 bits per heavy atom. The number of aryl methyl sites for hydroxylation is 1. The van der Waals surface area contributed by atoms with Crippen molar-refractivity contribution in [2.75, 3.05) is 58.9 Å². The molecule has 1 aromatic rings. The van der Waals surface area contributed by atoms with Gasteiger partial charge in [0.15, 0.2) is 0 Å². The zero-order valence-electron chi connectivity index (χ0n) is 15.0. The second-order valence-electron chi connectivity index (χ2n) is 6.88. The molecular formula is C19H28N4O2. The van der Waals surface area contributed by atoms with Crippen molar-refractivity contribution >= 4 is 11.8 Å². The molecule has 0 spiro atoms. The van der Waals surface area contributed by atoms with Crippen LogP contribution in [-0.2, 0) is 4.79 Å². The van der Waals surface area contributed by atoms with Gasteiger partial charge in [-0.05, 0) is 19.1 Å². The van der Waals surface area contributed by atoms with Crippen molar-refractivity contribution in [3.63, 3.8) is 0 Å². The molecule has 6 heteroatoms. The van der Waals surface area contributed by atoms with Crippen molar-refractivity contribution in [1.29, 1.82) is 0 Å². The summed E-state index contributed by atoms with van der Waals surface area (Å²) in [5.41, 5.74) is 1.92. The zero-order valence-corrected chi connectivity index (χ0v) is 15.0. The number of benzene rings is 1. The van der Waals surface area contributed by atoms with Crippen LogP contribution in [0.15, 0.2) is 24.3 Å². The van der Waals surface area contributed by atoms with Crippen molar-refractivity contribution in [2.24, 2.45) is 0 Å². The molecule has 136 valence electrons. The SMILES string of the molecule is Cc1ccc(C(=O)N2CCN(CCC(=O)N3CCNCC3)CC2)cc1. The molecule has 2 saturated heterocycles. The van der Waals surface area contributed by atoms with Gasteiger partial charge in [0.1, 0.15) is 0 Å². The maximum absolute atomic E-state index is 12.5. The van der Waals surface area contributed by atoms with E-state index < -0.39 is 0 Å². The fraction of sp³-hybridized carbons (Fsp3) is 0.579. The fourth-order valence-electron chi connectivity index (χ4n) is 3.38. The lowest BCUT2D eigenvalue weighted by atomic mass is 10.1. The van der Waals surface area contributed by atoms with Gasteiger partial charge in [-0.15, -0.1) is 0 Å². The summed E-state index contributed by atoms with van der Waals surface area (Å²) in [7, 11) is 0. The number of nitrogens with zero attached hydrogens (tertiary/aromatic N) is 3. The highest BCUT2D eigenvalue weighted by atomic mass is 16.2. The molecule has 0 saturated carbocycles. The zero-order chi connectivity index (χ0) is 17.6. The standard InChI is InChI=1S/C19H28N4O2/c1-16-2-4-17(5-3-16)19(25)23-14-12-21(13-15-23)9-6-18(24)22-10-7-20-8-11-22/h2-5,20H,6-15H2,1H3. The molecule has 6 nitrogen and oxygen atoms in total. The van der Waals surface area contributed by atoms with Crippen LogP contribution in [0, 0.1) is 6.92 Å². The molecule has 2 heterocycles. The summed E-state index contributed by atoms with van der Waals surface area (Å²) in [6, 6.07) is 7.75. The van der Waals surface area contributed by atoms with Crippen molar-refractivity contribution in [3.05, 3.63) is 35.4 Å². The molecule has 3 rings (SSSR count). The quantitative estimate of drug-likeness (QED) is 0.868. The van der Waals surface area contributed by atoms with Crippen LogP contribution in [-0.4, -0.2) is 85.4 Å². The molecule has 2 amide bonds. The number of piperazine rings is 2. The van der Waals surface area contributed by atoms with Gasteiger partial charge in [-0.2, -0.15) is 0 Å². The normalized spacial score (nSPS) is 19.1. The van der Waals surface area contributed by atoms with E-state index in [1.54, 1.807) is 0 Å². The number of rotatable bonds is 4. The van der Waals surface area contributed by atoms with Gasteiger partial charge < -0.3 is 15.1 Å². The number of amides is 2. The summed E-state index contributed by atoms with van der Waals surface area (Å²) in [5, 5.41) is 3.27. The number of carbonyl (C=O) groups excluding carboxylic acids is 2. The highest BCUT2D eigenvalue weighted by Gasteiger charge is 2.23. The van der Waals surface area contributed by atoms with E-state index in [1.165, 1.54) is 0 Å². The lowest BCUT2D eigenvalue weighted by Crippen LogP contribution is -2.50. The first-order valence-electron chi connectivity index (χ1n) is 9.20. The lowest BCUT2D eigenvalue weighted by Gasteiger charge is -2.35. The van der Waals surface area contributed by atoms with Crippen LogP contribution >= 0.6 is 0 Å². The molecule has 0 atom stereocenters. The average molecular weight is 344 g/mol. The van der Waals surface area contributed by atoms with Crippen LogP contribution in [0.1, 0.15) is 22.3 Å². The fourth-order valence-corrected chi connectivity index (χ4v) is 3.38. The van der Waals surface area contributed by atoms with Gasteiger partial charge in [0, 0.05) is 70.9 Å². The Bertz CT molecular complexity index is 588. The largest absolute Gasteiger partial charge is 0.340 e. The Kier molecular flexibility index (Phi) is 6.04.